The molecule has 2 N–H and O–H groups in total. The summed E-state index contributed by atoms with van der Waals surface area (Å²) in [6.07, 6.45) is 0.317. The molecule has 0 aliphatic carbocycles. The Morgan fingerprint density at radius 1 is 1.50 bits per heavy atom. The van der Waals surface area contributed by atoms with Crippen molar-refractivity contribution in [3.8, 4) is 0 Å². The van der Waals surface area contributed by atoms with Crippen molar-refractivity contribution in [1.29, 1.82) is 0 Å². The van der Waals surface area contributed by atoms with Crippen molar-refractivity contribution in [2.75, 3.05) is 11.5 Å². The van der Waals surface area contributed by atoms with E-state index in [1.807, 2.05) is 13.8 Å². The number of halogens is 2. The zero-order chi connectivity index (χ0) is 21.6. The molecule has 1 aliphatic rings. The van der Waals surface area contributed by atoms with Gasteiger partial charge in [-0.2, -0.15) is 4.98 Å². The first-order chi connectivity index (χ1) is 13.0. The molecular weight excluding hydrogens is 457 g/mol. The van der Waals surface area contributed by atoms with Crippen LogP contribution in [-0.2, 0) is 19.1 Å². The molecule has 8 nitrogen and oxygen atoms in total. The van der Waals surface area contributed by atoms with E-state index >= 15 is 0 Å². The number of alkyl halides is 1. The van der Waals surface area contributed by atoms with Crippen molar-refractivity contribution in [2.24, 2.45) is 0 Å². The number of nitrogen functional groups attached to an aromatic ring is 1. The Labute approximate surface area is 175 Å². The SMILES string of the molecule is CC.CC(=O)OC(C)(C)C(=O)SCC1CC(Br)C(n2cc(F)c(N)nc2=O)O1. The molecule has 3 unspecified atom stereocenters. The fourth-order valence-corrected chi connectivity index (χ4v) is 4.17. The summed E-state index contributed by atoms with van der Waals surface area (Å²) in [4.78, 5) is 38.3. The lowest BCUT2D eigenvalue weighted by Crippen LogP contribution is -2.35. The van der Waals surface area contributed by atoms with E-state index in [0.717, 1.165) is 22.5 Å². The Balaban J connectivity index is 0.00000190. The fraction of sp³-hybridized carbons (Fsp3) is 0.647. The summed E-state index contributed by atoms with van der Waals surface area (Å²) in [7, 11) is 0. The molecule has 0 bridgehead atoms. The average Bonchev–Trinajstić information content (AvgIpc) is 2.97. The number of carbonyl (C=O) groups excluding carboxylic acids is 2. The van der Waals surface area contributed by atoms with Crippen molar-refractivity contribution in [3.63, 3.8) is 0 Å². The van der Waals surface area contributed by atoms with E-state index in [1.54, 1.807) is 0 Å². The Morgan fingerprint density at radius 2 is 2.11 bits per heavy atom. The maximum Gasteiger partial charge on any atom is 0.351 e. The van der Waals surface area contributed by atoms with Crippen molar-refractivity contribution < 1.29 is 23.5 Å². The summed E-state index contributed by atoms with van der Waals surface area (Å²) in [5.41, 5.74) is 3.31. The largest absolute Gasteiger partial charge is 0.451 e. The van der Waals surface area contributed by atoms with E-state index < -0.39 is 35.1 Å². The number of thioether (sulfide) groups is 1. The highest BCUT2D eigenvalue weighted by Gasteiger charge is 2.38. The van der Waals surface area contributed by atoms with Crippen molar-refractivity contribution >= 4 is 44.6 Å². The lowest BCUT2D eigenvalue weighted by atomic mass is 10.2. The van der Waals surface area contributed by atoms with Gasteiger partial charge in [0.05, 0.1) is 17.1 Å². The lowest BCUT2D eigenvalue weighted by molar-refractivity contribution is -0.158. The summed E-state index contributed by atoms with van der Waals surface area (Å²) < 4.78 is 25.4. The number of nitrogens with two attached hydrogens (primary N) is 1. The van der Waals surface area contributed by atoms with Gasteiger partial charge in [0.2, 0.25) is 5.12 Å². The van der Waals surface area contributed by atoms with E-state index in [-0.39, 0.29) is 16.0 Å². The zero-order valence-electron chi connectivity index (χ0n) is 16.4. The summed E-state index contributed by atoms with van der Waals surface area (Å²) in [5, 5.41) is -0.316. The molecular formula is C17H25BrFN3O5S. The standard InChI is InChI=1S/C15H19BrFN3O5S.C2H6/c1-7(21)25-15(2,3)13(22)26-6-8-4-9(16)12(24-8)20-5-10(17)11(18)19-14(20)23;1-2/h5,8-9,12H,4,6H2,1-3H3,(H2,18,19,23);1-2H3. The van der Waals surface area contributed by atoms with E-state index in [9.17, 15) is 18.8 Å². The van der Waals surface area contributed by atoms with Crippen molar-refractivity contribution in [1.82, 2.24) is 9.55 Å². The van der Waals surface area contributed by atoms with Crippen LogP contribution in [0.5, 0.6) is 0 Å². The minimum Gasteiger partial charge on any atom is -0.451 e. The predicted octanol–water partition coefficient (Wildman–Crippen LogP) is 2.64. The fourth-order valence-electron chi connectivity index (χ4n) is 2.44. The molecule has 0 aromatic carbocycles. The van der Waals surface area contributed by atoms with Gasteiger partial charge in [0.1, 0.15) is 0 Å². The number of hydrogen-bond acceptors (Lipinski definition) is 8. The molecule has 28 heavy (non-hydrogen) atoms. The van der Waals surface area contributed by atoms with Gasteiger partial charge < -0.3 is 15.2 Å². The maximum absolute atomic E-state index is 13.6. The van der Waals surface area contributed by atoms with Crippen LogP contribution in [0.1, 0.15) is 47.3 Å². The van der Waals surface area contributed by atoms with Crippen LogP contribution in [0.2, 0.25) is 0 Å². The van der Waals surface area contributed by atoms with Gasteiger partial charge >= 0.3 is 11.7 Å². The number of carbonyl (C=O) groups is 2. The first kappa shape index (κ1) is 24.6. The van der Waals surface area contributed by atoms with Crippen LogP contribution in [0.25, 0.3) is 0 Å². The van der Waals surface area contributed by atoms with Crippen LogP contribution < -0.4 is 11.4 Å². The highest BCUT2D eigenvalue weighted by molar-refractivity contribution is 9.09. The second kappa shape index (κ2) is 10.4. The topological polar surface area (TPSA) is 114 Å². The highest BCUT2D eigenvalue weighted by atomic mass is 79.9. The number of ether oxygens (including phenoxy) is 2. The van der Waals surface area contributed by atoms with E-state index in [1.165, 1.54) is 20.8 Å². The van der Waals surface area contributed by atoms with E-state index in [0.29, 0.717) is 12.2 Å². The minimum absolute atomic E-state index is 0.271. The Hall–Kier alpha value is -1.46. The summed E-state index contributed by atoms with van der Waals surface area (Å²) in [6, 6.07) is 0. The van der Waals surface area contributed by atoms with Crippen LogP contribution >= 0.6 is 27.7 Å². The third-order valence-electron chi connectivity index (χ3n) is 3.63. The number of esters is 1. The molecule has 1 aromatic heterocycles. The molecule has 1 fully saturated rings. The lowest BCUT2D eigenvalue weighted by Gasteiger charge is -2.22. The van der Waals surface area contributed by atoms with Gasteiger partial charge in [-0.25, -0.2) is 9.18 Å². The van der Waals surface area contributed by atoms with Crippen molar-refractivity contribution in [3.05, 3.63) is 22.5 Å². The number of anilines is 1. The molecule has 0 radical (unpaired) electrons. The molecule has 0 saturated carbocycles. The van der Waals surface area contributed by atoms with Crippen molar-refractivity contribution in [2.45, 2.75) is 63.8 Å². The monoisotopic (exact) mass is 481 g/mol. The van der Waals surface area contributed by atoms with Crippen LogP contribution in [-0.4, -0.2) is 42.9 Å². The number of rotatable bonds is 5. The number of aromatic nitrogens is 2. The van der Waals surface area contributed by atoms with Gasteiger partial charge in [0, 0.05) is 12.7 Å². The van der Waals surface area contributed by atoms with Crippen LogP contribution in [0, 0.1) is 5.82 Å². The van der Waals surface area contributed by atoms with Gasteiger partial charge in [-0.3, -0.25) is 14.2 Å². The second-order valence-corrected chi connectivity index (χ2v) is 8.44. The van der Waals surface area contributed by atoms with E-state index in [4.69, 9.17) is 15.2 Å². The molecule has 1 aromatic rings. The normalized spacial score (nSPS) is 21.6. The molecule has 11 heteroatoms. The molecule has 0 spiro atoms. The molecule has 3 atom stereocenters. The molecule has 1 saturated heterocycles. The van der Waals surface area contributed by atoms with Gasteiger partial charge in [-0.15, -0.1) is 0 Å². The number of nitrogens with zero attached hydrogens (tertiary/aromatic N) is 2. The van der Waals surface area contributed by atoms with Gasteiger partial charge in [-0.05, 0) is 20.3 Å². The van der Waals surface area contributed by atoms with Gasteiger partial charge in [0.15, 0.2) is 23.5 Å². The van der Waals surface area contributed by atoms with Crippen LogP contribution in [0.15, 0.2) is 11.0 Å². The quantitative estimate of drug-likeness (QED) is 0.504. The van der Waals surface area contributed by atoms with Crippen LogP contribution in [0.3, 0.4) is 0 Å². The van der Waals surface area contributed by atoms with E-state index in [2.05, 4.69) is 20.9 Å². The molecule has 2 rings (SSSR count). The zero-order valence-corrected chi connectivity index (χ0v) is 18.8. The Morgan fingerprint density at radius 3 is 2.68 bits per heavy atom. The summed E-state index contributed by atoms with van der Waals surface area (Å²) in [6.45, 7) is 8.26. The first-order valence-electron chi connectivity index (χ1n) is 8.71. The minimum atomic E-state index is -1.25. The summed E-state index contributed by atoms with van der Waals surface area (Å²) >= 11 is 4.38. The van der Waals surface area contributed by atoms with Gasteiger partial charge in [0.25, 0.3) is 0 Å². The Bertz CT molecular complexity index is 774. The predicted molar refractivity (Wildman–Crippen MR) is 109 cm³/mol. The smallest absolute Gasteiger partial charge is 0.351 e. The molecule has 2 heterocycles. The Kier molecular flexibility index (Phi) is 9.09. The third-order valence-corrected chi connectivity index (χ3v) is 5.75. The molecule has 1 aliphatic heterocycles. The summed E-state index contributed by atoms with van der Waals surface area (Å²) in [5.74, 6) is -1.54. The van der Waals surface area contributed by atoms with Gasteiger partial charge in [-0.1, -0.05) is 41.5 Å². The first-order valence-corrected chi connectivity index (χ1v) is 10.6. The third kappa shape index (κ3) is 6.28. The number of hydrogen-bond donors (Lipinski definition) is 1. The average molecular weight is 482 g/mol. The maximum atomic E-state index is 13.6. The molecule has 0 amide bonds. The van der Waals surface area contributed by atoms with Crippen LogP contribution in [0.4, 0.5) is 10.2 Å². The molecule has 158 valence electrons. The highest BCUT2D eigenvalue weighted by Crippen LogP contribution is 2.35. The second-order valence-electron chi connectivity index (χ2n) is 6.27.